The Morgan fingerprint density at radius 3 is 1.72 bits per heavy atom. The molecule has 0 aliphatic carbocycles. The molecule has 284 valence electrons. The van der Waals surface area contributed by atoms with Crippen LogP contribution in [0.3, 0.4) is 0 Å². The minimum absolute atomic E-state index is 0.570. The van der Waals surface area contributed by atoms with Crippen molar-refractivity contribution in [2.45, 2.75) is 0 Å². The number of aromatic nitrogens is 5. The summed E-state index contributed by atoms with van der Waals surface area (Å²) in [7, 11) is 0. The first-order valence-corrected chi connectivity index (χ1v) is 20.5. The van der Waals surface area contributed by atoms with Gasteiger partial charge in [-0.2, -0.15) is 9.97 Å². The van der Waals surface area contributed by atoms with Gasteiger partial charge in [-0.25, -0.2) is 4.98 Å². The molecule has 4 heterocycles. The average molecular weight is 780 g/mol. The number of para-hydroxylation sites is 3. The van der Waals surface area contributed by atoms with Gasteiger partial charge in [0.15, 0.2) is 11.6 Å². The van der Waals surface area contributed by atoms with Gasteiger partial charge in [0.05, 0.1) is 22.1 Å². The average Bonchev–Trinajstić information content (AvgIpc) is 3.85. The summed E-state index contributed by atoms with van der Waals surface area (Å²) in [5.41, 5.74) is 11.8. The lowest BCUT2D eigenvalue weighted by Gasteiger charge is -2.22. The van der Waals surface area contributed by atoms with Gasteiger partial charge in [0.1, 0.15) is 11.5 Å². The van der Waals surface area contributed by atoms with E-state index in [1.165, 1.54) is 21.7 Å². The third-order valence-electron chi connectivity index (χ3n) is 12.2. The molecule has 0 fully saturated rings. The summed E-state index contributed by atoms with van der Waals surface area (Å²) in [6.07, 6.45) is 0. The molecule has 0 amide bonds. The van der Waals surface area contributed by atoms with E-state index in [1.807, 2.05) is 66.7 Å². The molecule has 1 aliphatic heterocycles. The molecule has 0 bridgehead atoms. The maximum atomic E-state index is 6.53. The largest absolute Gasteiger partial charge is 0.456 e. The van der Waals surface area contributed by atoms with Crippen molar-refractivity contribution in [1.29, 1.82) is 0 Å². The molecular weight excluding hydrogens is 747 g/mol. The Kier molecular flexibility index (Phi) is 7.21. The second kappa shape index (κ2) is 13.1. The van der Waals surface area contributed by atoms with Gasteiger partial charge >= 0.3 is 0 Å². The van der Waals surface area contributed by atoms with Gasteiger partial charge in [0.2, 0.25) is 5.95 Å². The Morgan fingerprint density at radius 1 is 0.328 bits per heavy atom. The Bertz CT molecular complexity index is 3660. The lowest BCUT2D eigenvalue weighted by molar-refractivity contribution is 0.487. The van der Waals surface area contributed by atoms with E-state index < -0.39 is 0 Å². The molecule has 6 nitrogen and oxygen atoms in total. The number of benzene rings is 9. The van der Waals surface area contributed by atoms with Gasteiger partial charge in [-0.05, 0) is 70.6 Å². The topological polar surface area (TPSA) is 57.8 Å². The minimum atomic E-state index is 0.570. The number of hydrogen-bond acceptors (Lipinski definition) is 4. The summed E-state index contributed by atoms with van der Waals surface area (Å²) in [6, 6.07) is 70.3. The van der Waals surface area contributed by atoms with Gasteiger partial charge in [0.25, 0.3) is 0 Å². The molecule has 1 aliphatic rings. The number of ether oxygens (including phenoxy) is 1. The predicted molar refractivity (Wildman–Crippen MR) is 248 cm³/mol. The zero-order valence-corrected chi connectivity index (χ0v) is 32.7. The van der Waals surface area contributed by atoms with Gasteiger partial charge in [0, 0.05) is 49.3 Å². The summed E-state index contributed by atoms with van der Waals surface area (Å²) in [6.45, 7) is 0. The fourth-order valence-corrected chi connectivity index (χ4v) is 9.54. The van der Waals surface area contributed by atoms with Gasteiger partial charge in [-0.3, -0.25) is 4.57 Å². The van der Waals surface area contributed by atoms with Gasteiger partial charge in [-0.1, -0.05) is 152 Å². The van der Waals surface area contributed by atoms with E-state index in [2.05, 4.69) is 143 Å². The summed E-state index contributed by atoms with van der Waals surface area (Å²) < 4.78 is 11.2. The molecule has 0 N–H and O–H groups in total. The van der Waals surface area contributed by atoms with Crippen LogP contribution in [-0.2, 0) is 0 Å². The maximum Gasteiger partial charge on any atom is 0.238 e. The normalized spacial score (nSPS) is 12.1. The molecule has 0 radical (unpaired) electrons. The standard InChI is InChI=1S/C55H33N5O/c1-4-16-34(17-5-1)53-56-54(35-18-6-2-7-19-35)58-55(57-53)60-44-26-12-10-23-40(44)50-38(24-14-27-45(50)60)36-30-31-41-46(32-36)59(37-20-8-3-9-21-37)47-33-43-39-22-11-13-28-48(39)61-49-29-15-25-42(51(41)47)52(43)49/h1-33H. The van der Waals surface area contributed by atoms with Crippen molar-refractivity contribution >= 4 is 54.4 Å². The van der Waals surface area contributed by atoms with E-state index >= 15 is 0 Å². The second-order valence-corrected chi connectivity index (χ2v) is 15.6. The van der Waals surface area contributed by atoms with Crippen LogP contribution in [0.5, 0.6) is 11.5 Å². The Labute approximate surface area is 350 Å². The minimum Gasteiger partial charge on any atom is -0.456 e. The van der Waals surface area contributed by atoms with Crippen molar-refractivity contribution in [2.75, 3.05) is 0 Å². The molecule has 61 heavy (non-hydrogen) atoms. The molecule has 12 aromatic rings. The highest BCUT2D eigenvalue weighted by atomic mass is 16.5. The third kappa shape index (κ3) is 5.06. The van der Waals surface area contributed by atoms with Crippen LogP contribution >= 0.6 is 0 Å². The molecular formula is C55H33N5O. The molecule has 0 spiro atoms. The summed E-state index contributed by atoms with van der Waals surface area (Å²) in [4.78, 5) is 15.3. The molecule has 0 saturated carbocycles. The van der Waals surface area contributed by atoms with Crippen LogP contribution in [0.15, 0.2) is 200 Å². The Morgan fingerprint density at radius 2 is 0.934 bits per heavy atom. The molecule has 0 unspecified atom stereocenters. The fraction of sp³-hybridized carbons (Fsp3) is 0. The van der Waals surface area contributed by atoms with Crippen molar-refractivity contribution in [2.24, 2.45) is 0 Å². The van der Waals surface area contributed by atoms with Crippen LogP contribution in [0, 0.1) is 0 Å². The summed E-state index contributed by atoms with van der Waals surface area (Å²) >= 11 is 0. The highest BCUT2D eigenvalue weighted by Crippen LogP contribution is 2.51. The zero-order valence-electron chi connectivity index (χ0n) is 32.7. The SMILES string of the molecule is c1ccc(-c2nc(-c3ccccc3)nc(-n3c4ccccc4c4c(-c5ccc6c7c8cccc9c8c(cc7n(-c7ccccc7)c6c5)-c5ccccc5O9)cccc43)n2)cc1. The first-order chi connectivity index (χ1) is 30.3. The molecule has 6 heteroatoms. The lowest BCUT2D eigenvalue weighted by Crippen LogP contribution is -2.06. The van der Waals surface area contributed by atoms with E-state index in [4.69, 9.17) is 19.7 Å². The van der Waals surface area contributed by atoms with Crippen LogP contribution in [0.2, 0.25) is 0 Å². The number of rotatable bonds is 5. The predicted octanol–water partition coefficient (Wildman–Crippen LogP) is 14.0. The second-order valence-electron chi connectivity index (χ2n) is 15.6. The molecule has 0 atom stereocenters. The zero-order chi connectivity index (χ0) is 40.0. The first kappa shape index (κ1) is 33.6. The fourth-order valence-electron chi connectivity index (χ4n) is 9.54. The van der Waals surface area contributed by atoms with Gasteiger partial charge in [-0.15, -0.1) is 0 Å². The van der Waals surface area contributed by atoms with E-state index in [0.717, 1.165) is 83.2 Å². The van der Waals surface area contributed by atoms with Crippen LogP contribution in [0.4, 0.5) is 0 Å². The molecule has 13 rings (SSSR count). The van der Waals surface area contributed by atoms with Crippen molar-refractivity contribution in [3.63, 3.8) is 0 Å². The van der Waals surface area contributed by atoms with Gasteiger partial charge < -0.3 is 9.30 Å². The highest BCUT2D eigenvalue weighted by Gasteiger charge is 2.26. The Hall–Kier alpha value is -8.35. The summed E-state index contributed by atoms with van der Waals surface area (Å²) in [5, 5.41) is 6.99. The smallest absolute Gasteiger partial charge is 0.238 e. The molecule has 0 saturated heterocycles. The number of hydrogen-bond donors (Lipinski definition) is 0. The van der Waals surface area contributed by atoms with Crippen molar-refractivity contribution in [3.05, 3.63) is 200 Å². The number of nitrogens with zero attached hydrogens (tertiary/aromatic N) is 5. The van der Waals surface area contributed by atoms with Crippen molar-refractivity contribution in [3.8, 4) is 68.2 Å². The van der Waals surface area contributed by atoms with Crippen LogP contribution in [0.1, 0.15) is 0 Å². The van der Waals surface area contributed by atoms with E-state index in [0.29, 0.717) is 17.6 Å². The van der Waals surface area contributed by atoms with Crippen LogP contribution in [-0.4, -0.2) is 24.1 Å². The monoisotopic (exact) mass is 779 g/mol. The van der Waals surface area contributed by atoms with Crippen LogP contribution < -0.4 is 4.74 Å². The number of fused-ring (bicyclic) bond motifs is 9. The molecule has 9 aromatic carbocycles. The molecule has 3 aromatic heterocycles. The lowest BCUT2D eigenvalue weighted by atomic mass is 9.92. The van der Waals surface area contributed by atoms with E-state index in [1.54, 1.807) is 0 Å². The van der Waals surface area contributed by atoms with Crippen molar-refractivity contribution in [1.82, 2.24) is 24.1 Å². The van der Waals surface area contributed by atoms with Crippen LogP contribution in [0.25, 0.3) is 111 Å². The highest BCUT2D eigenvalue weighted by molar-refractivity contribution is 6.26. The quantitative estimate of drug-likeness (QED) is 0.175. The summed E-state index contributed by atoms with van der Waals surface area (Å²) in [5.74, 6) is 3.58. The first-order valence-electron chi connectivity index (χ1n) is 20.5. The van der Waals surface area contributed by atoms with E-state index in [9.17, 15) is 0 Å². The van der Waals surface area contributed by atoms with Crippen molar-refractivity contribution < 1.29 is 4.74 Å². The maximum absolute atomic E-state index is 6.53. The Balaban J connectivity index is 1.08. The third-order valence-corrected chi connectivity index (χ3v) is 12.2. The van der Waals surface area contributed by atoms with E-state index in [-0.39, 0.29) is 0 Å².